The Morgan fingerprint density at radius 3 is 2.82 bits per heavy atom. The average molecular weight is 308 g/mol. The SMILES string of the molecule is Fc1cccc(CN2CCCC(F)(F)C2)c1Br. The van der Waals surface area contributed by atoms with Crippen molar-refractivity contribution in [2.45, 2.75) is 25.3 Å². The maximum Gasteiger partial charge on any atom is 0.260 e. The number of piperidine rings is 1. The normalized spacial score (nSPS) is 20.5. The number of halogens is 4. The molecule has 1 aromatic carbocycles. The van der Waals surface area contributed by atoms with Crippen LogP contribution < -0.4 is 0 Å². The highest BCUT2D eigenvalue weighted by Gasteiger charge is 2.35. The summed E-state index contributed by atoms with van der Waals surface area (Å²) in [5.41, 5.74) is 0.711. The summed E-state index contributed by atoms with van der Waals surface area (Å²) in [6.45, 7) is 0.752. The quantitative estimate of drug-likeness (QED) is 0.803. The molecule has 17 heavy (non-hydrogen) atoms. The minimum absolute atomic E-state index is 0.0478. The number of likely N-dealkylation sites (tertiary alicyclic amines) is 1. The van der Waals surface area contributed by atoms with E-state index < -0.39 is 5.92 Å². The highest BCUT2D eigenvalue weighted by Crippen LogP contribution is 2.29. The minimum atomic E-state index is -2.61. The van der Waals surface area contributed by atoms with Gasteiger partial charge < -0.3 is 0 Å². The topological polar surface area (TPSA) is 3.24 Å². The standard InChI is InChI=1S/C12H13BrF3N/c13-11-9(3-1-4-10(11)14)7-17-6-2-5-12(15,16)8-17/h1,3-4H,2,5-8H2. The molecule has 0 atom stereocenters. The van der Waals surface area contributed by atoms with Gasteiger partial charge >= 0.3 is 0 Å². The van der Waals surface area contributed by atoms with Gasteiger partial charge in [0, 0.05) is 13.0 Å². The highest BCUT2D eigenvalue weighted by molar-refractivity contribution is 9.10. The van der Waals surface area contributed by atoms with Crippen molar-refractivity contribution in [1.29, 1.82) is 0 Å². The van der Waals surface area contributed by atoms with E-state index in [1.807, 2.05) is 0 Å². The summed E-state index contributed by atoms with van der Waals surface area (Å²) in [5, 5.41) is 0. The van der Waals surface area contributed by atoms with Crippen LogP contribution in [0.3, 0.4) is 0 Å². The van der Waals surface area contributed by atoms with Crippen LogP contribution in [-0.4, -0.2) is 23.9 Å². The molecule has 1 aromatic rings. The third kappa shape index (κ3) is 3.22. The van der Waals surface area contributed by atoms with Gasteiger partial charge in [0.2, 0.25) is 0 Å². The van der Waals surface area contributed by atoms with E-state index in [2.05, 4.69) is 15.9 Å². The molecule has 0 radical (unpaired) electrons. The molecule has 1 aliphatic heterocycles. The first-order chi connectivity index (χ1) is 7.98. The van der Waals surface area contributed by atoms with Crippen LogP contribution in [0.2, 0.25) is 0 Å². The molecular formula is C12H13BrF3N. The smallest absolute Gasteiger partial charge is 0.260 e. The van der Waals surface area contributed by atoms with E-state index in [1.165, 1.54) is 6.07 Å². The van der Waals surface area contributed by atoms with Gasteiger partial charge in [0.25, 0.3) is 5.92 Å². The first-order valence-corrected chi connectivity index (χ1v) is 6.30. The summed E-state index contributed by atoms with van der Waals surface area (Å²) >= 11 is 3.15. The molecule has 0 bridgehead atoms. The van der Waals surface area contributed by atoms with Gasteiger partial charge in [-0.15, -0.1) is 0 Å². The summed E-state index contributed by atoms with van der Waals surface area (Å²) in [4.78, 5) is 1.67. The van der Waals surface area contributed by atoms with Crippen LogP contribution in [0.25, 0.3) is 0 Å². The maximum absolute atomic E-state index is 13.3. The second kappa shape index (κ2) is 4.98. The monoisotopic (exact) mass is 307 g/mol. The molecule has 5 heteroatoms. The largest absolute Gasteiger partial charge is 0.293 e. The molecule has 1 nitrogen and oxygen atoms in total. The molecule has 0 aliphatic carbocycles. The first kappa shape index (κ1) is 12.9. The van der Waals surface area contributed by atoms with Crippen molar-refractivity contribution >= 4 is 15.9 Å². The number of hydrogen-bond donors (Lipinski definition) is 0. The molecule has 2 rings (SSSR count). The third-order valence-electron chi connectivity index (χ3n) is 2.90. The van der Waals surface area contributed by atoms with Gasteiger partial charge in [-0.1, -0.05) is 12.1 Å². The highest BCUT2D eigenvalue weighted by atomic mass is 79.9. The van der Waals surface area contributed by atoms with Crippen LogP contribution >= 0.6 is 15.9 Å². The number of benzene rings is 1. The Morgan fingerprint density at radius 2 is 2.12 bits per heavy atom. The van der Waals surface area contributed by atoms with Crippen LogP contribution in [0.15, 0.2) is 22.7 Å². The molecule has 0 saturated carbocycles. The Labute approximate surface area is 107 Å². The van der Waals surface area contributed by atoms with Crippen molar-refractivity contribution in [3.05, 3.63) is 34.1 Å². The van der Waals surface area contributed by atoms with Crippen LogP contribution in [0, 0.1) is 5.82 Å². The number of hydrogen-bond acceptors (Lipinski definition) is 1. The number of alkyl halides is 2. The van der Waals surface area contributed by atoms with Gasteiger partial charge in [0.05, 0.1) is 11.0 Å². The Balaban J connectivity index is 2.08. The van der Waals surface area contributed by atoms with E-state index in [4.69, 9.17) is 0 Å². The van der Waals surface area contributed by atoms with Gasteiger partial charge in [0.15, 0.2) is 0 Å². The number of rotatable bonds is 2. The fraction of sp³-hybridized carbons (Fsp3) is 0.500. The molecule has 1 heterocycles. The zero-order valence-corrected chi connectivity index (χ0v) is 10.8. The van der Waals surface area contributed by atoms with Crippen LogP contribution in [0.1, 0.15) is 18.4 Å². The van der Waals surface area contributed by atoms with E-state index in [-0.39, 0.29) is 18.8 Å². The first-order valence-electron chi connectivity index (χ1n) is 5.51. The molecule has 0 unspecified atom stereocenters. The third-order valence-corrected chi connectivity index (χ3v) is 3.79. The summed E-state index contributed by atoms with van der Waals surface area (Å²) in [5.74, 6) is -2.97. The summed E-state index contributed by atoms with van der Waals surface area (Å²) in [6, 6.07) is 4.69. The molecule has 0 aromatic heterocycles. The lowest BCUT2D eigenvalue weighted by Crippen LogP contribution is -2.42. The molecule has 1 fully saturated rings. The predicted molar refractivity (Wildman–Crippen MR) is 63.6 cm³/mol. The lowest BCUT2D eigenvalue weighted by atomic mass is 10.1. The molecule has 1 saturated heterocycles. The fourth-order valence-corrected chi connectivity index (χ4v) is 2.48. The molecule has 94 valence electrons. The van der Waals surface area contributed by atoms with Gasteiger partial charge in [-0.3, -0.25) is 4.90 Å². The van der Waals surface area contributed by atoms with Crippen LogP contribution in [0.5, 0.6) is 0 Å². The Hall–Kier alpha value is -0.550. The van der Waals surface area contributed by atoms with Gasteiger partial charge in [0.1, 0.15) is 5.82 Å². The summed E-state index contributed by atoms with van der Waals surface area (Å²) < 4.78 is 40.1. The second-order valence-corrected chi connectivity index (χ2v) is 5.18. The molecule has 0 N–H and O–H groups in total. The van der Waals surface area contributed by atoms with Crippen molar-refractivity contribution in [3.8, 4) is 0 Å². The second-order valence-electron chi connectivity index (χ2n) is 4.38. The Morgan fingerprint density at radius 1 is 1.35 bits per heavy atom. The van der Waals surface area contributed by atoms with Crippen molar-refractivity contribution in [1.82, 2.24) is 4.90 Å². The van der Waals surface area contributed by atoms with Gasteiger partial charge in [-0.2, -0.15) is 0 Å². The minimum Gasteiger partial charge on any atom is -0.293 e. The van der Waals surface area contributed by atoms with E-state index in [1.54, 1.807) is 17.0 Å². The van der Waals surface area contributed by atoms with E-state index in [0.29, 0.717) is 29.5 Å². The number of nitrogens with zero attached hydrogens (tertiary/aromatic N) is 1. The summed E-state index contributed by atoms with van der Waals surface area (Å²) in [6.07, 6.45) is 0.438. The zero-order valence-electron chi connectivity index (χ0n) is 9.23. The van der Waals surface area contributed by atoms with E-state index >= 15 is 0 Å². The van der Waals surface area contributed by atoms with Crippen LogP contribution in [-0.2, 0) is 6.54 Å². The lowest BCUT2D eigenvalue weighted by molar-refractivity contribution is -0.0661. The zero-order chi connectivity index (χ0) is 12.5. The van der Waals surface area contributed by atoms with Crippen molar-refractivity contribution in [2.24, 2.45) is 0 Å². The van der Waals surface area contributed by atoms with Crippen molar-refractivity contribution < 1.29 is 13.2 Å². The van der Waals surface area contributed by atoms with Gasteiger partial charge in [-0.25, -0.2) is 13.2 Å². The Kier molecular flexibility index (Phi) is 3.78. The average Bonchev–Trinajstić information content (AvgIpc) is 2.23. The van der Waals surface area contributed by atoms with Gasteiger partial charge in [-0.05, 0) is 40.5 Å². The Bertz CT molecular complexity index is 409. The molecule has 0 spiro atoms. The van der Waals surface area contributed by atoms with E-state index in [0.717, 1.165) is 0 Å². The molecule has 0 amide bonds. The molecule has 1 aliphatic rings. The van der Waals surface area contributed by atoms with Crippen molar-refractivity contribution in [3.63, 3.8) is 0 Å². The maximum atomic E-state index is 13.3. The van der Waals surface area contributed by atoms with Crippen LogP contribution in [0.4, 0.5) is 13.2 Å². The summed E-state index contributed by atoms with van der Waals surface area (Å²) in [7, 11) is 0. The molecular weight excluding hydrogens is 295 g/mol. The fourth-order valence-electron chi connectivity index (χ4n) is 2.09. The van der Waals surface area contributed by atoms with E-state index in [9.17, 15) is 13.2 Å². The predicted octanol–water partition coefficient (Wildman–Crippen LogP) is 3.82. The lowest BCUT2D eigenvalue weighted by Gasteiger charge is -2.32. The van der Waals surface area contributed by atoms with Crippen molar-refractivity contribution in [2.75, 3.05) is 13.1 Å².